The second-order valence-electron chi connectivity index (χ2n) is 1.32. The van der Waals surface area contributed by atoms with Crippen LogP contribution in [0.2, 0.25) is 0 Å². The highest BCUT2D eigenvalue weighted by atomic mass is 19.4. The topological polar surface area (TPSA) is 36.8 Å². The molecule has 1 N–H and O–H groups in total. The van der Waals surface area contributed by atoms with Gasteiger partial charge in [0.05, 0.1) is 0 Å². The first-order valence-corrected chi connectivity index (χ1v) is 2.36. The van der Waals surface area contributed by atoms with Gasteiger partial charge < -0.3 is 5.32 Å². The highest BCUT2D eigenvalue weighted by Crippen LogP contribution is 2.10. The minimum atomic E-state index is -4.38. The average Bonchev–Trinajstić information content (AvgIpc) is 1.78. The number of halogens is 3. The van der Waals surface area contributed by atoms with E-state index in [1.54, 1.807) is 0 Å². The normalized spacial score (nSPS) is 13.2. The van der Waals surface area contributed by atoms with Crippen LogP contribution in [-0.2, 0) is 0 Å². The Hall–Kier alpha value is -1.07. The molecule has 0 radical (unpaired) electrons. The van der Waals surface area contributed by atoms with E-state index in [2.05, 4.69) is 15.5 Å². The molecular weight excluding hydrogens is 147 g/mol. The molecule has 0 atom stereocenters. The Morgan fingerprint density at radius 3 is 2.30 bits per heavy atom. The van der Waals surface area contributed by atoms with Gasteiger partial charge in [-0.1, -0.05) is 0 Å². The van der Waals surface area contributed by atoms with Crippen LogP contribution in [0, 0.1) is 0 Å². The Labute approximate surface area is 55.6 Å². The molecule has 0 heterocycles. The summed E-state index contributed by atoms with van der Waals surface area (Å²) in [5, 5.41) is 8.06. The Balaban J connectivity index is 3.66. The van der Waals surface area contributed by atoms with Crippen LogP contribution < -0.4 is 5.32 Å². The van der Waals surface area contributed by atoms with Crippen LogP contribution in [0.1, 0.15) is 0 Å². The molecule has 0 aliphatic heterocycles. The predicted octanol–water partition coefficient (Wildman–Crippen LogP) is 0.782. The molecule has 0 aromatic rings. The fraction of sp³-hybridized carbons (Fsp3) is 0.500. The lowest BCUT2D eigenvalue weighted by atomic mass is 10.7. The molecule has 0 aromatic carbocycles. The molecule has 58 valence electrons. The summed E-state index contributed by atoms with van der Waals surface area (Å²) in [6, 6.07) is 0. The molecule has 0 fully saturated rings. The van der Waals surface area contributed by atoms with E-state index in [0.717, 1.165) is 6.34 Å². The molecule has 6 heteroatoms. The van der Waals surface area contributed by atoms with Crippen LogP contribution in [0.15, 0.2) is 10.2 Å². The fourth-order valence-corrected chi connectivity index (χ4v) is 0.190. The standard InChI is InChI=1S/C4H6F3N3/c1-8-3-10-9-2-4(5,6)7/h2-3H,1H3,(H,8,10)/b9-2+. The van der Waals surface area contributed by atoms with Crippen molar-refractivity contribution in [2.45, 2.75) is 6.18 Å². The van der Waals surface area contributed by atoms with Gasteiger partial charge >= 0.3 is 6.18 Å². The first kappa shape index (κ1) is 8.93. The highest BCUT2D eigenvalue weighted by molar-refractivity contribution is 5.65. The summed E-state index contributed by atoms with van der Waals surface area (Å²) in [6.07, 6.45) is -3.53. The van der Waals surface area contributed by atoms with E-state index in [-0.39, 0.29) is 6.21 Å². The number of alkyl halides is 3. The molecule has 0 saturated carbocycles. The third-order valence-corrected chi connectivity index (χ3v) is 0.458. The third-order valence-electron chi connectivity index (χ3n) is 0.458. The van der Waals surface area contributed by atoms with Crippen molar-refractivity contribution in [1.82, 2.24) is 5.32 Å². The average molecular weight is 153 g/mol. The summed E-state index contributed by atoms with van der Waals surface area (Å²) >= 11 is 0. The number of nitrogens with zero attached hydrogens (tertiary/aromatic N) is 2. The molecule has 0 amide bonds. The van der Waals surface area contributed by atoms with Crippen molar-refractivity contribution in [2.24, 2.45) is 10.2 Å². The zero-order chi connectivity index (χ0) is 8.04. The van der Waals surface area contributed by atoms with Crippen molar-refractivity contribution < 1.29 is 13.2 Å². The van der Waals surface area contributed by atoms with Crippen molar-refractivity contribution in [3.05, 3.63) is 0 Å². The molecule has 0 unspecified atom stereocenters. The van der Waals surface area contributed by atoms with E-state index in [1.165, 1.54) is 7.05 Å². The van der Waals surface area contributed by atoms with Crippen LogP contribution in [0.4, 0.5) is 13.2 Å². The Morgan fingerprint density at radius 2 is 1.90 bits per heavy atom. The lowest BCUT2D eigenvalue weighted by Crippen LogP contribution is -2.08. The smallest absolute Gasteiger partial charge is 0.378 e. The highest BCUT2D eigenvalue weighted by Gasteiger charge is 2.23. The van der Waals surface area contributed by atoms with Gasteiger partial charge in [-0.15, -0.1) is 5.10 Å². The first-order chi connectivity index (χ1) is 4.56. The predicted molar refractivity (Wildman–Crippen MR) is 32.1 cm³/mol. The summed E-state index contributed by atoms with van der Waals surface area (Å²) in [4.78, 5) is 0. The number of hydrogen-bond acceptors (Lipinski definition) is 2. The second kappa shape index (κ2) is 3.86. The zero-order valence-corrected chi connectivity index (χ0v) is 5.18. The SMILES string of the molecule is CN/C=N\N=C\C(F)(F)F. The van der Waals surface area contributed by atoms with Crippen molar-refractivity contribution in [3.8, 4) is 0 Å². The van der Waals surface area contributed by atoms with Crippen LogP contribution in [0.25, 0.3) is 0 Å². The van der Waals surface area contributed by atoms with Gasteiger partial charge in [-0.25, -0.2) is 0 Å². The summed E-state index contributed by atoms with van der Waals surface area (Å²) in [5.41, 5.74) is 0. The van der Waals surface area contributed by atoms with Gasteiger partial charge in [-0.05, 0) is 0 Å². The van der Waals surface area contributed by atoms with Gasteiger partial charge in [0.15, 0.2) is 0 Å². The summed E-state index contributed by atoms with van der Waals surface area (Å²) in [7, 11) is 1.51. The summed E-state index contributed by atoms with van der Waals surface area (Å²) < 4.78 is 33.7. The van der Waals surface area contributed by atoms with Crippen molar-refractivity contribution >= 4 is 12.6 Å². The van der Waals surface area contributed by atoms with Gasteiger partial charge in [0.25, 0.3) is 0 Å². The molecule has 0 spiro atoms. The molecular formula is C4H6F3N3. The molecule has 0 saturated heterocycles. The third kappa shape index (κ3) is 6.93. The van der Waals surface area contributed by atoms with Crippen molar-refractivity contribution in [3.63, 3.8) is 0 Å². The monoisotopic (exact) mass is 153 g/mol. The summed E-state index contributed by atoms with van der Waals surface area (Å²) in [5.74, 6) is 0. The lowest BCUT2D eigenvalue weighted by molar-refractivity contribution is -0.0537. The molecule has 0 bridgehead atoms. The van der Waals surface area contributed by atoms with Gasteiger partial charge in [0.1, 0.15) is 12.6 Å². The minimum absolute atomic E-state index is 0.194. The number of nitrogens with one attached hydrogen (secondary N) is 1. The van der Waals surface area contributed by atoms with E-state index >= 15 is 0 Å². The molecule has 0 aliphatic carbocycles. The van der Waals surface area contributed by atoms with Crippen LogP contribution in [-0.4, -0.2) is 25.8 Å². The second-order valence-corrected chi connectivity index (χ2v) is 1.32. The maximum absolute atomic E-state index is 11.2. The van der Waals surface area contributed by atoms with Crippen LogP contribution in [0.5, 0.6) is 0 Å². The minimum Gasteiger partial charge on any atom is -0.378 e. The van der Waals surface area contributed by atoms with E-state index in [9.17, 15) is 13.2 Å². The van der Waals surface area contributed by atoms with Crippen LogP contribution >= 0.6 is 0 Å². The number of rotatable bonds is 2. The largest absolute Gasteiger partial charge is 0.428 e. The van der Waals surface area contributed by atoms with Gasteiger partial charge in [0.2, 0.25) is 0 Å². The molecule has 0 rings (SSSR count). The molecule has 10 heavy (non-hydrogen) atoms. The zero-order valence-electron chi connectivity index (χ0n) is 5.18. The lowest BCUT2D eigenvalue weighted by Gasteiger charge is -1.92. The fourth-order valence-electron chi connectivity index (χ4n) is 0.190. The maximum atomic E-state index is 11.2. The number of hydrogen-bond donors (Lipinski definition) is 1. The van der Waals surface area contributed by atoms with E-state index < -0.39 is 6.18 Å². The Morgan fingerprint density at radius 1 is 1.30 bits per heavy atom. The van der Waals surface area contributed by atoms with Crippen molar-refractivity contribution in [1.29, 1.82) is 0 Å². The Bertz CT molecular complexity index is 137. The van der Waals surface area contributed by atoms with E-state index in [4.69, 9.17) is 0 Å². The Kier molecular flexibility index (Phi) is 3.45. The van der Waals surface area contributed by atoms with E-state index in [1.807, 2.05) is 0 Å². The van der Waals surface area contributed by atoms with Crippen LogP contribution in [0.3, 0.4) is 0 Å². The maximum Gasteiger partial charge on any atom is 0.428 e. The van der Waals surface area contributed by atoms with Gasteiger partial charge in [-0.3, -0.25) is 0 Å². The van der Waals surface area contributed by atoms with Gasteiger partial charge in [0, 0.05) is 7.05 Å². The van der Waals surface area contributed by atoms with Crippen molar-refractivity contribution in [2.75, 3.05) is 7.05 Å². The summed E-state index contributed by atoms with van der Waals surface area (Å²) in [6.45, 7) is 0. The quantitative estimate of drug-likeness (QED) is 0.355. The molecule has 0 aromatic heterocycles. The van der Waals surface area contributed by atoms with E-state index in [0.29, 0.717) is 0 Å². The molecule has 3 nitrogen and oxygen atoms in total. The molecule has 0 aliphatic rings. The van der Waals surface area contributed by atoms with Gasteiger partial charge in [-0.2, -0.15) is 18.3 Å². The first-order valence-electron chi connectivity index (χ1n) is 2.36.